The van der Waals surface area contributed by atoms with E-state index in [9.17, 15) is 13.2 Å². The highest BCUT2D eigenvalue weighted by Crippen LogP contribution is 2.11. The van der Waals surface area contributed by atoms with E-state index in [1.54, 1.807) is 6.92 Å². The van der Waals surface area contributed by atoms with Crippen LogP contribution in [0.1, 0.15) is 30.6 Å². The van der Waals surface area contributed by atoms with E-state index in [4.69, 9.17) is 0 Å². The van der Waals surface area contributed by atoms with E-state index in [-0.39, 0.29) is 16.8 Å². The van der Waals surface area contributed by atoms with Gasteiger partial charge in [0.1, 0.15) is 0 Å². The van der Waals surface area contributed by atoms with Crippen molar-refractivity contribution < 1.29 is 13.2 Å². The van der Waals surface area contributed by atoms with E-state index >= 15 is 0 Å². The van der Waals surface area contributed by atoms with Crippen LogP contribution in [0, 0.1) is 0 Å². The summed E-state index contributed by atoms with van der Waals surface area (Å²) in [5.41, 5.74) is 0.431. The topological polar surface area (TPSA) is 75.3 Å². The molecule has 0 aliphatic heterocycles. The van der Waals surface area contributed by atoms with Gasteiger partial charge in [0, 0.05) is 18.7 Å². The fourth-order valence-corrected chi connectivity index (χ4v) is 2.67. The van der Waals surface area contributed by atoms with Gasteiger partial charge >= 0.3 is 0 Å². The molecule has 0 saturated carbocycles. The molecular weight excluding hydrogens is 252 g/mol. The summed E-state index contributed by atoms with van der Waals surface area (Å²) in [4.78, 5) is 11.5. The van der Waals surface area contributed by atoms with E-state index in [0.717, 1.165) is 6.42 Å². The zero-order valence-electron chi connectivity index (χ0n) is 10.7. The van der Waals surface area contributed by atoms with Gasteiger partial charge in [0.2, 0.25) is 10.0 Å². The van der Waals surface area contributed by atoms with Gasteiger partial charge in [-0.3, -0.25) is 4.79 Å². The number of carbonyl (C=O) groups excluding carboxylic acids is 1. The van der Waals surface area contributed by atoms with Crippen LogP contribution >= 0.6 is 0 Å². The Balaban J connectivity index is 2.94. The zero-order valence-corrected chi connectivity index (χ0v) is 11.5. The lowest BCUT2D eigenvalue weighted by molar-refractivity contribution is 0.0963. The summed E-state index contributed by atoms with van der Waals surface area (Å²) in [6.07, 6.45) is 0.718. The minimum Gasteiger partial charge on any atom is -0.355 e. The Bertz CT molecular complexity index is 509. The molecule has 1 amide bonds. The number of rotatable bonds is 5. The summed E-state index contributed by atoms with van der Waals surface area (Å²) in [6.45, 7) is 3.71. The van der Waals surface area contributed by atoms with E-state index in [1.165, 1.54) is 31.3 Å². The number of sulfonamides is 1. The fraction of sp³-hybridized carbons (Fsp3) is 0.417. The van der Waals surface area contributed by atoms with Crippen LogP contribution in [-0.4, -0.2) is 27.4 Å². The van der Waals surface area contributed by atoms with Crippen LogP contribution < -0.4 is 10.0 Å². The Kier molecular flexibility index (Phi) is 4.86. The van der Waals surface area contributed by atoms with Crippen LogP contribution in [0.2, 0.25) is 0 Å². The van der Waals surface area contributed by atoms with Gasteiger partial charge in [-0.2, -0.15) is 0 Å². The van der Waals surface area contributed by atoms with Gasteiger partial charge < -0.3 is 5.32 Å². The third-order valence-corrected chi connectivity index (χ3v) is 4.23. The fourth-order valence-electron chi connectivity index (χ4n) is 1.35. The second-order valence-corrected chi connectivity index (χ2v) is 5.75. The van der Waals surface area contributed by atoms with Crippen LogP contribution in [0.15, 0.2) is 29.2 Å². The molecule has 0 spiro atoms. The molecule has 0 heterocycles. The van der Waals surface area contributed by atoms with Gasteiger partial charge in [0.15, 0.2) is 0 Å². The number of hydrogen-bond donors (Lipinski definition) is 2. The second kappa shape index (κ2) is 5.97. The molecule has 0 aliphatic rings. The molecule has 0 aliphatic carbocycles. The van der Waals surface area contributed by atoms with Gasteiger partial charge in [-0.15, -0.1) is 0 Å². The van der Waals surface area contributed by atoms with Gasteiger partial charge in [0.25, 0.3) is 5.91 Å². The predicted molar refractivity (Wildman–Crippen MR) is 69.9 cm³/mol. The molecule has 0 aromatic heterocycles. The molecule has 1 aromatic rings. The highest BCUT2D eigenvalue weighted by Gasteiger charge is 2.16. The van der Waals surface area contributed by atoms with Gasteiger partial charge in [-0.25, -0.2) is 13.1 Å². The van der Waals surface area contributed by atoms with Crippen molar-refractivity contribution in [1.29, 1.82) is 0 Å². The first kappa shape index (κ1) is 14.7. The molecular formula is C12H18N2O3S. The van der Waals surface area contributed by atoms with Crippen LogP contribution in [0.3, 0.4) is 0 Å². The Hall–Kier alpha value is -1.40. The van der Waals surface area contributed by atoms with E-state index in [1.807, 2.05) is 6.92 Å². The molecule has 2 N–H and O–H groups in total. The molecule has 0 saturated heterocycles. The van der Waals surface area contributed by atoms with Gasteiger partial charge in [0.05, 0.1) is 4.90 Å². The van der Waals surface area contributed by atoms with Crippen molar-refractivity contribution in [3.63, 3.8) is 0 Å². The Morgan fingerprint density at radius 3 is 2.28 bits per heavy atom. The molecule has 0 radical (unpaired) electrons. The maximum atomic E-state index is 11.9. The third-order valence-electron chi connectivity index (χ3n) is 2.62. The Labute approximate surface area is 108 Å². The lowest BCUT2D eigenvalue weighted by atomic mass is 10.2. The van der Waals surface area contributed by atoms with Crippen LogP contribution in [0.25, 0.3) is 0 Å². The molecule has 0 bridgehead atoms. The number of nitrogens with one attached hydrogen (secondary N) is 2. The summed E-state index contributed by atoms with van der Waals surface area (Å²) in [7, 11) is -1.98. The standard InChI is InChI=1S/C12H18N2O3S/c1-4-9(2)14-18(16,17)11-7-5-10(6-8-11)12(15)13-3/h5-9,14H,4H2,1-3H3,(H,13,15)/t9-/m1/s1. The zero-order chi connectivity index (χ0) is 13.8. The largest absolute Gasteiger partial charge is 0.355 e. The first-order valence-corrected chi connectivity index (χ1v) is 7.23. The minimum atomic E-state index is -3.50. The second-order valence-electron chi connectivity index (χ2n) is 4.03. The molecule has 5 nitrogen and oxygen atoms in total. The lowest BCUT2D eigenvalue weighted by Gasteiger charge is -2.12. The molecule has 1 rings (SSSR count). The molecule has 1 aromatic carbocycles. The normalized spacial score (nSPS) is 13.1. The van der Waals surface area contributed by atoms with Crippen molar-refractivity contribution in [2.45, 2.75) is 31.2 Å². The van der Waals surface area contributed by atoms with Crippen LogP contribution in [-0.2, 0) is 10.0 Å². The highest BCUT2D eigenvalue weighted by atomic mass is 32.2. The first-order valence-electron chi connectivity index (χ1n) is 5.75. The third kappa shape index (κ3) is 3.54. The van der Waals surface area contributed by atoms with Gasteiger partial charge in [-0.05, 0) is 37.6 Å². The van der Waals surface area contributed by atoms with Crippen molar-refractivity contribution >= 4 is 15.9 Å². The predicted octanol–water partition coefficient (Wildman–Crippen LogP) is 1.12. The summed E-state index contributed by atoms with van der Waals surface area (Å²) in [5.74, 6) is -0.242. The highest BCUT2D eigenvalue weighted by molar-refractivity contribution is 7.89. The maximum Gasteiger partial charge on any atom is 0.251 e. The average molecular weight is 270 g/mol. The lowest BCUT2D eigenvalue weighted by Crippen LogP contribution is -2.32. The van der Waals surface area contributed by atoms with Gasteiger partial charge in [-0.1, -0.05) is 6.92 Å². The average Bonchev–Trinajstić information content (AvgIpc) is 2.37. The van der Waals surface area contributed by atoms with Crippen LogP contribution in [0.4, 0.5) is 0 Å². The van der Waals surface area contributed by atoms with E-state index < -0.39 is 10.0 Å². The Morgan fingerprint density at radius 2 is 1.83 bits per heavy atom. The quantitative estimate of drug-likeness (QED) is 0.842. The number of amides is 1. The summed E-state index contributed by atoms with van der Waals surface area (Å²) >= 11 is 0. The maximum absolute atomic E-state index is 11.9. The van der Waals surface area contributed by atoms with Crippen LogP contribution in [0.5, 0.6) is 0 Å². The number of hydrogen-bond acceptors (Lipinski definition) is 3. The van der Waals surface area contributed by atoms with Crippen molar-refractivity contribution in [1.82, 2.24) is 10.0 Å². The van der Waals surface area contributed by atoms with Crippen molar-refractivity contribution in [3.8, 4) is 0 Å². The molecule has 1 atom stereocenters. The van der Waals surface area contributed by atoms with E-state index in [2.05, 4.69) is 10.0 Å². The van der Waals surface area contributed by atoms with E-state index in [0.29, 0.717) is 5.56 Å². The number of benzene rings is 1. The SMILES string of the molecule is CC[C@@H](C)NS(=O)(=O)c1ccc(C(=O)NC)cc1. The molecule has 18 heavy (non-hydrogen) atoms. The smallest absolute Gasteiger partial charge is 0.251 e. The molecule has 0 fully saturated rings. The Morgan fingerprint density at radius 1 is 1.28 bits per heavy atom. The summed E-state index contributed by atoms with van der Waals surface area (Å²) in [5, 5.41) is 2.48. The minimum absolute atomic E-state index is 0.117. The molecule has 100 valence electrons. The first-order chi connectivity index (χ1) is 8.40. The number of carbonyl (C=O) groups is 1. The van der Waals surface area contributed by atoms with Crippen molar-refractivity contribution in [2.24, 2.45) is 0 Å². The van der Waals surface area contributed by atoms with Crippen molar-refractivity contribution in [3.05, 3.63) is 29.8 Å². The molecule has 6 heteroatoms. The monoisotopic (exact) mass is 270 g/mol. The molecule has 0 unspecified atom stereocenters. The summed E-state index contributed by atoms with van der Waals surface area (Å²) in [6, 6.07) is 5.71. The summed E-state index contributed by atoms with van der Waals surface area (Å²) < 4.78 is 26.4. The van der Waals surface area contributed by atoms with Crippen molar-refractivity contribution in [2.75, 3.05) is 7.05 Å².